The number of hydrogen-bond acceptors (Lipinski definition) is 7. The highest BCUT2D eigenvalue weighted by Crippen LogP contribution is 2.36. The molecule has 0 aliphatic heterocycles. The minimum absolute atomic E-state index is 0.108. The first-order chi connectivity index (χ1) is 14.9. The third-order valence-corrected chi connectivity index (χ3v) is 7.23. The standard InChI is InChI=1S/C23H23N5OS2/c1-14-8-16(17-9-15(10-24)11-25-12-17)4-7-19(14)26-21(29)23(2,3)20-13-30-22(27-20)28-31-18-5-6-18/h4,7-9,11-13,18H,5-6H2,1-3H3,(H,26,29)(H,27,28). The predicted octanol–water partition coefficient (Wildman–Crippen LogP) is 5.52. The van der Waals surface area contributed by atoms with Gasteiger partial charge in [-0.05, 0) is 74.9 Å². The van der Waals surface area contributed by atoms with Crippen molar-refractivity contribution >= 4 is 40.0 Å². The topological polar surface area (TPSA) is 90.7 Å². The minimum atomic E-state index is -0.767. The highest BCUT2D eigenvalue weighted by molar-refractivity contribution is 8.01. The summed E-state index contributed by atoms with van der Waals surface area (Å²) in [6.45, 7) is 5.73. The van der Waals surface area contributed by atoms with Gasteiger partial charge in [0.1, 0.15) is 6.07 Å². The molecule has 6 nitrogen and oxygen atoms in total. The number of benzene rings is 1. The summed E-state index contributed by atoms with van der Waals surface area (Å²) in [7, 11) is 0. The van der Waals surface area contributed by atoms with Gasteiger partial charge in [0.25, 0.3) is 0 Å². The molecule has 0 bridgehead atoms. The van der Waals surface area contributed by atoms with Crippen LogP contribution in [-0.2, 0) is 10.2 Å². The molecule has 1 fully saturated rings. The van der Waals surface area contributed by atoms with Crippen LogP contribution in [0.25, 0.3) is 11.1 Å². The Balaban J connectivity index is 1.47. The zero-order valence-electron chi connectivity index (χ0n) is 17.6. The predicted molar refractivity (Wildman–Crippen MR) is 127 cm³/mol. The van der Waals surface area contributed by atoms with Crippen molar-refractivity contribution < 1.29 is 4.79 Å². The largest absolute Gasteiger partial charge is 0.325 e. The average Bonchev–Trinajstić information content (AvgIpc) is 3.48. The van der Waals surface area contributed by atoms with Crippen LogP contribution in [0.4, 0.5) is 10.8 Å². The number of pyridine rings is 1. The summed E-state index contributed by atoms with van der Waals surface area (Å²) in [5.41, 5.74) is 4.00. The number of nitrogens with one attached hydrogen (secondary N) is 2. The molecule has 0 saturated heterocycles. The number of nitriles is 1. The molecule has 8 heteroatoms. The normalized spacial score (nSPS) is 13.5. The number of hydrogen-bond donors (Lipinski definition) is 2. The minimum Gasteiger partial charge on any atom is -0.325 e. The molecule has 0 radical (unpaired) electrons. The van der Waals surface area contributed by atoms with Gasteiger partial charge in [0.15, 0.2) is 5.13 Å². The quantitative estimate of drug-likeness (QED) is 0.461. The van der Waals surface area contributed by atoms with E-state index in [0.29, 0.717) is 10.8 Å². The molecule has 1 amide bonds. The Labute approximate surface area is 190 Å². The zero-order chi connectivity index (χ0) is 22.0. The average molecular weight is 450 g/mol. The fourth-order valence-electron chi connectivity index (χ4n) is 2.96. The van der Waals surface area contributed by atoms with E-state index in [0.717, 1.165) is 33.2 Å². The van der Waals surface area contributed by atoms with E-state index < -0.39 is 5.41 Å². The van der Waals surface area contributed by atoms with Crippen LogP contribution in [0.1, 0.15) is 43.5 Å². The number of carbonyl (C=O) groups is 1. The van der Waals surface area contributed by atoms with Gasteiger partial charge in [-0.25, -0.2) is 4.98 Å². The van der Waals surface area contributed by atoms with Gasteiger partial charge in [0.05, 0.1) is 16.7 Å². The van der Waals surface area contributed by atoms with Gasteiger partial charge in [-0.15, -0.1) is 11.3 Å². The summed E-state index contributed by atoms with van der Waals surface area (Å²) >= 11 is 3.23. The molecule has 1 aliphatic rings. The van der Waals surface area contributed by atoms with E-state index in [1.165, 1.54) is 30.4 Å². The van der Waals surface area contributed by atoms with Crippen molar-refractivity contribution in [3.05, 3.63) is 58.9 Å². The summed E-state index contributed by atoms with van der Waals surface area (Å²) in [6, 6.07) is 9.71. The van der Waals surface area contributed by atoms with Crippen molar-refractivity contribution in [2.45, 2.75) is 44.3 Å². The van der Waals surface area contributed by atoms with Gasteiger partial charge in [0, 0.05) is 34.3 Å². The van der Waals surface area contributed by atoms with Crippen LogP contribution < -0.4 is 10.0 Å². The van der Waals surface area contributed by atoms with Gasteiger partial charge >= 0.3 is 0 Å². The Morgan fingerprint density at radius 2 is 2.06 bits per heavy atom. The Bertz CT molecular complexity index is 1160. The third-order valence-electron chi connectivity index (χ3n) is 5.22. The Hall–Kier alpha value is -2.89. The molecule has 1 saturated carbocycles. The third kappa shape index (κ3) is 4.89. The molecule has 4 rings (SSSR count). The number of thiazole rings is 1. The van der Waals surface area contributed by atoms with Crippen LogP contribution in [0.15, 0.2) is 42.0 Å². The van der Waals surface area contributed by atoms with Crippen molar-refractivity contribution in [1.82, 2.24) is 9.97 Å². The summed E-state index contributed by atoms with van der Waals surface area (Å²) in [6.07, 6.45) is 5.77. The Kier molecular flexibility index (Phi) is 5.99. The van der Waals surface area contributed by atoms with Gasteiger partial charge in [-0.1, -0.05) is 6.07 Å². The number of aryl methyl sites for hydroxylation is 1. The van der Waals surface area contributed by atoms with E-state index in [9.17, 15) is 4.79 Å². The lowest BCUT2D eigenvalue weighted by molar-refractivity contribution is -0.120. The molecule has 0 unspecified atom stereocenters. The number of rotatable bonds is 7. The SMILES string of the molecule is Cc1cc(-c2cncc(C#N)c2)ccc1NC(=O)C(C)(C)c1csc(NSC2CC2)n1. The van der Waals surface area contributed by atoms with Crippen molar-refractivity contribution in [3.63, 3.8) is 0 Å². The smallest absolute Gasteiger partial charge is 0.236 e. The monoisotopic (exact) mass is 449 g/mol. The molecular formula is C23H23N5OS2. The first kappa shape index (κ1) is 21.3. The number of aromatic nitrogens is 2. The fourth-order valence-corrected chi connectivity index (χ4v) is 4.71. The molecule has 3 aromatic rings. The summed E-state index contributed by atoms with van der Waals surface area (Å²) in [5.74, 6) is -0.108. The van der Waals surface area contributed by atoms with E-state index >= 15 is 0 Å². The van der Waals surface area contributed by atoms with Crippen molar-refractivity contribution in [2.75, 3.05) is 10.0 Å². The summed E-state index contributed by atoms with van der Waals surface area (Å²) < 4.78 is 3.29. The number of nitrogens with zero attached hydrogens (tertiary/aromatic N) is 3. The highest BCUT2D eigenvalue weighted by atomic mass is 32.2. The molecule has 0 atom stereocenters. The van der Waals surface area contributed by atoms with Crippen LogP contribution in [0.5, 0.6) is 0 Å². The number of carbonyl (C=O) groups excluding carboxylic acids is 1. The molecular weight excluding hydrogens is 426 g/mol. The lowest BCUT2D eigenvalue weighted by Crippen LogP contribution is -2.35. The Morgan fingerprint density at radius 3 is 2.77 bits per heavy atom. The maximum Gasteiger partial charge on any atom is 0.236 e. The lowest BCUT2D eigenvalue weighted by atomic mass is 9.88. The van der Waals surface area contributed by atoms with Gasteiger partial charge in [-0.3, -0.25) is 9.78 Å². The molecule has 158 valence electrons. The zero-order valence-corrected chi connectivity index (χ0v) is 19.2. The summed E-state index contributed by atoms with van der Waals surface area (Å²) in [5, 5.41) is 15.6. The van der Waals surface area contributed by atoms with Gasteiger partial charge < -0.3 is 10.0 Å². The molecule has 2 N–H and O–H groups in total. The van der Waals surface area contributed by atoms with Crippen molar-refractivity contribution in [2.24, 2.45) is 0 Å². The van der Waals surface area contributed by atoms with Crippen LogP contribution in [0.3, 0.4) is 0 Å². The maximum absolute atomic E-state index is 13.1. The van der Waals surface area contributed by atoms with E-state index in [-0.39, 0.29) is 5.91 Å². The van der Waals surface area contributed by atoms with Crippen molar-refractivity contribution in [1.29, 1.82) is 5.26 Å². The fraction of sp³-hybridized carbons (Fsp3) is 0.304. The first-order valence-corrected chi connectivity index (χ1v) is 11.8. The lowest BCUT2D eigenvalue weighted by Gasteiger charge is -2.22. The molecule has 2 heterocycles. The number of anilines is 2. The van der Waals surface area contributed by atoms with Gasteiger partial charge in [-0.2, -0.15) is 5.26 Å². The second-order valence-corrected chi connectivity index (χ2v) is 10.1. The van der Waals surface area contributed by atoms with E-state index in [2.05, 4.69) is 26.1 Å². The second-order valence-electron chi connectivity index (χ2n) is 8.14. The van der Waals surface area contributed by atoms with E-state index in [4.69, 9.17) is 5.26 Å². The van der Waals surface area contributed by atoms with E-state index in [1.54, 1.807) is 24.2 Å². The number of amides is 1. The molecule has 2 aromatic heterocycles. The molecule has 31 heavy (non-hydrogen) atoms. The van der Waals surface area contributed by atoms with Crippen LogP contribution >= 0.6 is 23.3 Å². The second kappa shape index (κ2) is 8.69. The molecule has 0 spiro atoms. The molecule has 1 aliphatic carbocycles. The maximum atomic E-state index is 13.1. The van der Waals surface area contributed by atoms with E-state index in [1.807, 2.05) is 44.4 Å². The summed E-state index contributed by atoms with van der Waals surface area (Å²) in [4.78, 5) is 21.8. The first-order valence-electron chi connectivity index (χ1n) is 10.0. The van der Waals surface area contributed by atoms with Crippen LogP contribution in [-0.4, -0.2) is 21.1 Å². The molecule has 1 aromatic carbocycles. The Morgan fingerprint density at radius 1 is 1.26 bits per heavy atom. The van der Waals surface area contributed by atoms with Crippen LogP contribution in [0.2, 0.25) is 0 Å². The highest BCUT2D eigenvalue weighted by Gasteiger charge is 2.33. The van der Waals surface area contributed by atoms with Crippen molar-refractivity contribution in [3.8, 4) is 17.2 Å². The van der Waals surface area contributed by atoms with Gasteiger partial charge in [0.2, 0.25) is 5.91 Å². The van der Waals surface area contributed by atoms with Crippen LogP contribution in [0, 0.1) is 18.3 Å².